The molecule has 9 aromatic rings. The summed E-state index contributed by atoms with van der Waals surface area (Å²) in [4.78, 5) is 14.4. The van der Waals surface area contributed by atoms with Gasteiger partial charge in [-0.3, -0.25) is 9.97 Å². The Balaban J connectivity index is 0.000000262. The van der Waals surface area contributed by atoms with E-state index in [1.807, 2.05) is 50.4 Å². The number of furan rings is 1. The van der Waals surface area contributed by atoms with Crippen LogP contribution in [0.1, 0.15) is 62.0 Å². The Morgan fingerprint density at radius 1 is 0.661 bits per heavy atom. The molecule has 5 aromatic carbocycles. The summed E-state index contributed by atoms with van der Waals surface area (Å²) in [5.74, 6) is 1.41. The van der Waals surface area contributed by atoms with E-state index in [4.69, 9.17) is 9.40 Å². The number of imidazole rings is 1. The van der Waals surface area contributed by atoms with Gasteiger partial charge in [0.15, 0.2) is 0 Å². The molecule has 0 aliphatic heterocycles. The van der Waals surface area contributed by atoms with E-state index in [9.17, 15) is 0 Å². The zero-order chi connectivity index (χ0) is 40.7. The van der Waals surface area contributed by atoms with Crippen LogP contribution in [0.4, 0.5) is 0 Å². The van der Waals surface area contributed by atoms with Crippen LogP contribution in [-0.4, -0.2) is 27.6 Å². The summed E-state index contributed by atoms with van der Waals surface area (Å²) >= 11 is 0. The summed E-state index contributed by atoms with van der Waals surface area (Å²) in [7, 11) is -1.23. The molecule has 0 spiro atoms. The minimum Gasteiger partial charge on any atom is -0.499 e. The Hall–Kier alpha value is -5.46. The molecular formula is C52H50IrN4OSi-2. The normalized spacial score (nSPS) is 11.6. The molecule has 0 atom stereocenters. The number of rotatable bonds is 7. The second kappa shape index (κ2) is 17.0. The number of fused-ring (bicyclic) bond motifs is 4. The quantitative estimate of drug-likeness (QED) is 0.118. The summed E-state index contributed by atoms with van der Waals surface area (Å²) in [6, 6.07) is 49.0. The van der Waals surface area contributed by atoms with Crippen molar-refractivity contribution in [2.75, 3.05) is 0 Å². The van der Waals surface area contributed by atoms with Crippen molar-refractivity contribution in [1.29, 1.82) is 0 Å². The van der Waals surface area contributed by atoms with Crippen molar-refractivity contribution < 1.29 is 24.5 Å². The molecule has 0 aliphatic rings. The third-order valence-electron chi connectivity index (χ3n) is 10.9. The van der Waals surface area contributed by atoms with E-state index in [0.717, 1.165) is 67.0 Å². The molecule has 5 nitrogen and oxygen atoms in total. The molecule has 4 aromatic heterocycles. The average molecular weight is 967 g/mol. The molecule has 0 saturated carbocycles. The van der Waals surface area contributed by atoms with Crippen molar-refractivity contribution in [3.05, 3.63) is 162 Å². The Morgan fingerprint density at radius 3 is 2.00 bits per heavy atom. The van der Waals surface area contributed by atoms with Gasteiger partial charge in [0.1, 0.15) is 5.58 Å². The molecule has 9 rings (SSSR count). The molecule has 1 radical (unpaired) electrons. The molecule has 7 heteroatoms. The van der Waals surface area contributed by atoms with Gasteiger partial charge in [-0.1, -0.05) is 113 Å². The van der Waals surface area contributed by atoms with Crippen molar-refractivity contribution in [2.45, 2.75) is 73.0 Å². The van der Waals surface area contributed by atoms with Crippen LogP contribution >= 0.6 is 0 Å². The van der Waals surface area contributed by atoms with Crippen LogP contribution in [0.2, 0.25) is 19.6 Å². The standard InChI is InChI=1S/C38H34N3O.C14H16NSi.Ir/c1-22(2)30-20-27(26-13-8-7-9-14-26)21-31(23(3)4)35(30)41-34-18-11-10-17-33(34)40-38(41)29-16-12-15-28-32-19-24(5)39-25(6)36(32)42-37(28)29;1-16(2,3)13-9-10-14(15-11-13)12-7-5-4-6-8-12;/h7-15,17-23H,1-6H3;4-7,9-11H,1-3H3;/q2*-1;. The number of aromatic nitrogens is 4. The van der Waals surface area contributed by atoms with Gasteiger partial charge in [-0.05, 0) is 89.1 Å². The van der Waals surface area contributed by atoms with Crippen LogP contribution in [0.25, 0.3) is 72.4 Å². The van der Waals surface area contributed by atoms with Gasteiger partial charge in [-0.15, -0.1) is 54.1 Å². The zero-order valence-corrected chi connectivity index (χ0v) is 38.7. The first-order valence-corrected chi connectivity index (χ1v) is 23.7. The van der Waals surface area contributed by atoms with E-state index in [-0.39, 0.29) is 31.9 Å². The van der Waals surface area contributed by atoms with Crippen LogP contribution < -0.4 is 5.19 Å². The summed E-state index contributed by atoms with van der Waals surface area (Å²) in [5.41, 5.74) is 14.6. The minimum absolute atomic E-state index is 0. The summed E-state index contributed by atoms with van der Waals surface area (Å²) in [6.07, 6.45) is 2.02. The molecule has 299 valence electrons. The van der Waals surface area contributed by atoms with Crippen LogP contribution in [-0.2, 0) is 20.1 Å². The molecule has 0 fully saturated rings. The summed E-state index contributed by atoms with van der Waals surface area (Å²) in [6.45, 7) is 20.1. The molecule has 4 heterocycles. The first-order chi connectivity index (χ1) is 27.9. The largest absolute Gasteiger partial charge is 0.499 e. The Kier molecular flexibility index (Phi) is 12.0. The van der Waals surface area contributed by atoms with E-state index in [1.165, 1.54) is 33.1 Å². The molecule has 0 N–H and O–H groups in total. The fourth-order valence-electron chi connectivity index (χ4n) is 7.80. The zero-order valence-electron chi connectivity index (χ0n) is 35.3. The Morgan fingerprint density at radius 2 is 1.36 bits per heavy atom. The first kappa shape index (κ1) is 41.7. The van der Waals surface area contributed by atoms with Crippen LogP contribution in [0.15, 0.2) is 132 Å². The topological polar surface area (TPSA) is 56.7 Å². The van der Waals surface area contributed by atoms with Crippen molar-refractivity contribution in [3.8, 4) is 39.5 Å². The fourth-order valence-corrected chi connectivity index (χ4v) is 8.84. The van der Waals surface area contributed by atoms with Gasteiger partial charge < -0.3 is 14.0 Å². The summed E-state index contributed by atoms with van der Waals surface area (Å²) < 4.78 is 8.95. The maximum atomic E-state index is 6.60. The maximum Gasteiger partial charge on any atom is 0.142 e. The third kappa shape index (κ3) is 8.25. The predicted molar refractivity (Wildman–Crippen MR) is 245 cm³/mol. The van der Waals surface area contributed by atoms with Crippen LogP contribution in [0.3, 0.4) is 0 Å². The van der Waals surface area contributed by atoms with Gasteiger partial charge in [0.25, 0.3) is 0 Å². The van der Waals surface area contributed by atoms with Crippen LogP contribution in [0.5, 0.6) is 0 Å². The number of pyridine rings is 2. The molecule has 59 heavy (non-hydrogen) atoms. The number of hydrogen-bond acceptors (Lipinski definition) is 4. The number of aryl methyl sites for hydroxylation is 2. The molecule has 0 aliphatic carbocycles. The van der Waals surface area contributed by atoms with E-state index >= 15 is 0 Å². The number of benzene rings is 5. The maximum absolute atomic E-state index is 6.60. The van der Waals surface area contributed by atoms with Gasteiger partial charge in [0, 0.05) is 43.1 Å². The number of nitrogens with zero attached hydrogens (tertiary/aromatic N) is 4. The van der Waals surface area contributed by atoms with Gasteiger partial charge in [-0.25, -0.2) is 0 Å². The molecular weight excluding hydrogens is 917 g/mol. The summed E-state index contributed by atoms with van der Waals surface area (Å²) in [5, 5.41) is 3.52. The van der Waals surface area contributed by atoms with Gasteiger partial charge in [-0.2, -0.15) is 0 Å². The minimum atomic E-state index is -1.23. The van der Waals surface area contributed by atoms with Crippen molar-refractivity contribution >= 4 is 46.2 Å². The molecule has 0 amide bonds. The third-order valence-corrected chi connectivity index (χ3v) is 12.9. The molecule has 0 unspecified atom stereocenters. The van der Waals surface area contributed by atoms with Crippen molar-refractivity contribution in [2.24, 2.45) is 0 Å². The monoisotopic (exact) mass is 967 g/mol. The Labute approximate surface area is 363 Å². The average Bonchev–Trinajstić information content (AvgIpc) is 3.80. The smallest absolute Gasteiger partial charge is 0.142 e. The fraction of sp³-hybridized carbons (Fsp3) is 0.212. The van der Waals surface area contributed by atoms with Crippen molar-refractivity contribution in [1.82, 2.24) is 19.5 Å². The van der Waals surface area contributed by atoms with E-state index in [2.05, 4.69) is 165 Å². The van der Waals surface area contributed by atoms with E-state index in [0.29, 0.717) is 0 Å². The second-order valence-electron chi connectivity index (χ2n) is 16.8. The van der Waals surface area contributed by atoms with E-state index in [1.54, 1.807) is 0 Å². The van der Waals surface area contributed by atoms with Gasteiger partial charge in [0.05, 0.1) is 36.2 Å². The number of para-hydroxylation sites is 2. The number of hydrogen-bond donors (Lipinski definition) is 0. The SMILES string of the molecule is C[Si](C)(C)c1ccc(-c2[c-]cccc2)nc1.Cc1cc2c(oc3c(-c4nc5ccccc5n4-c4c(C(C)C)cc(-c5ccccc5)cc4C(C)C)[c-]ccc32)c(C)n1.[Ir]. The van der Waals surface area contributed by atoms with Crippen molar-refractivity contribution in [3.63, 3.8) is 0 Å². The molecule has 0 saturated heterocycles. The van der Waals surface area contributed by atoms with Gasteiger partial charge in [0.2, 0.25) is 0 Å². The van der Waals surface area contributed by atoms with Gasteiger partial charge >= 0.3 is 0 Å². The second-order valence-corrected chi connectivity index (χ2v) is 21.9. The first-order valence-electron chi connectivity index (χ1n) is 20.2. The van der Waals surface area contributed by atoms with Crippen LogP contribution in [0, 0.1) is 26.0 Å². The van der Waals surface area contributed by atoms with E-state index < -0.39 is 8.07 Å². The Bertz CT molecular complexity index is 2860. The molecule has 0 bridgehead atoms. The predicted octanol–water partition coefficient (Wildman–Crippen LogP) is 13.4.